The van der Waals surface area contributed by atoms with Crippen LogP contribution in [0.1, 0.15) is 17.3 Å². The van der Waals surface area contributed by atoms with Crippen LogP contribution in [0, 0.1) is 0 Å². The first kappa shape index (κ1) is 21.9. The van der Waals surface area contributed by atoms with Crippen molar-refractivity contribution in [2.24, 2.45) is 0 Å². The lowest BCUT2D eigenvalue weighted by atomic mass is 10.1. The molecule has 0 radical (unpaired) electrons. The van der Waals surface area contributed by atoms with Gasteiger partial charge in [-0.3, -0.25) is 9.89 Å². The number of nitrogens with one attached hydrogen (secondary N) is 2. The van der Waals surface area contributed by atoms with E-state index in [2.05, 4.69) is 15.5 Å². The number of anilines is 1. The fourth-order valence-electron chi connectivity index (χ4n) is 3.33. The second-order valence-electron chi connectivity index (χ2n) is 7.22. The van der Waals surface area contributed by atoms with Crippen LogP contribution in [0.5, 0.6) is 0 Å². The van der Waals surface area contributed by atoms with Gasteiger partial charge in [-0.2, -0.15) is 9.40 Å². The third kappa shape index (κ3) is 4.49. The van der Waals surface area contributed by atoms with Crippen molar-refractivity contribution in [3.8, 4) is 0 Å². The van der Waals surface area contributed by atoms with Crippen LogP contribution >= 0.6 is 0 Å². The summed E-state index contributed by atoms with van der Waals surface area (Å²) < 4.78 is 37.5. The van der Waals surface area contributed by atoms with Gasteiger partial charge < -0.3 is 14.8 Å². The van der Waals surface area contributed by atoms with Crippen LogP contribution < -0.4 is 5.32 Å². The quantitative estimate of drug-likeness (QED) is 0.538. The van der Waals surface area contributed by atoms with Crippen molar-refractivity contribution in [1.29, 1.82) is 0 Å². The zero-order valence-electron chi connectivity index (χ0n) is 17.3. The summed E-state index contributed by atoms with van der Waals surface area (Å²) in [6.07, 6.45) is 0.473. The van der Waals surface area contributed by atoms with E-state index in [1.165, 1.54) is 23.4 Å². The topological polar surface area (TPSA) is 131 Å². The Morgan fingerprint density at radius 2 is 1.94 bits per heavy atom. The van der Waals surface area contributed by atoms with Crippen molar-refractivity contribution in [1.82, 2.24) is 14.5 Å². The zero-order valence-corrected chi connectivity index (χ0v) is 18.1. The molecule has 0 spiro atoms. The fourth-order valence-corrected chi connectivity index (χ4v) is 4.79. The number of carbonyl (C=O) groups is 2. The summed E-state index contributed by atoms with van der Waals surface area (Å²) in [5, 5.41) is 9.99. The number of H-pyrrole nitrogens is 1. The Labute approximate surface area is 184 Å². The molecule has 1 saturated heterocycles. The number of rotatable bonds is 6. The van der Waals surface area contributed by atoms with Gasteiger partial charge in [0.05, 0.1) is 35.4 Å². The van der Waals surface area contributed by atoms with Crippen molar-refractivity contribution in [2.75, 3.05) is 31.6 Å². The number of carbonyl (C=O) groups excluding carboxylic acids is 2. The highest BCUT2D eigenvalue weighted by atomic mass is 32.2. The summed E-state index contributed by atoms with van der Waals surface area (Å²) in [7, 11) is -3.70. The van der Waals surface area contributed by atoms with Crippen LogP contribution in [0.15, 0.2) is 53.6 Å². The maximum absolute atomic E-state index is 12.8. The van der Waals surface area contributed by atoms with Gasteiger partial charge in [-0.25, -0.2) is 13.2 Å². The summed E-state index contributed by atoms with van der Waals surface area (Å²) in [5.74, 6) is -1.26. The number of fused-ring (bicyclic) bond motifs is 1. The molecule has 0 aliphatic carbocycles. The number of aromatic nitrogens is 2. The van der Waals surface area contributed by atoms with Gasteiger partial charge in [-0.1, -0.05) is 18.2 Å². The summed E-state index contributed by atoms with van der Waals surface area (Å²) in [6.45, 7) is 2.66. The van der Waals surface area contributed by atoms with E-state index >= 15 is 0 Å². The summed E-state index contributed by atoms with van der Waals surface area (Å²) >= 11 is 0. The van der Waals surface area contributed by atoms with Gasteiger partial charge in [-0.05, 0) is 31.2 Å². The van der Waals surface area contributed by atoms with Crippen molar-refractivity contribution in [2.45, 2.75) is 17.9 Å². The molecule has 1 fully saturated rings. The van der Waals surface area contributed by atoms with E-state index in [1.54, 1.807) is 36.5 Å². The van der Waals surface area contributed by atoms with E-state index < -0.39 is 28.0 Å². The van der Waals surface area contributed by atoms with Crippen LogP contribution in [0.3, 0.4) is 0 Å². The minimum atomic E-state index is -3.70. The Morgan fingerprint density at radius 1 is 1.19 bits per heavy atom. The van der Waals surface area contributed by atoms with Gasteiger partial charge in [0, 0.05) is 24.2 Å². The number of benzene rings is 2. The van der Waals surface area contributed by atoms with Crippen molar-refractivity contribution >= 4 is 38.5 Å². The molecule has 1 aliphatic rings. The monoisotopic (exact) mass is 458 g/mol. The number of amides is 1. The highest BCUT2D eigenvalue weighted by Crippen LogP contribution is 2.21. The van der Waals surface area contributed by atoms with Gasteiger partial charge in [0.2, 0.25) is 10.0 Å². The molecule has 32 heavy (non-hydrogen) atoms. The second kappa shape index (κ2) is 9.07. The molecule has 2 heterocycles. The predicted molar refractivity (Wildman–Crippen MR) is 116 cm³/mol. The van der Waals surface area contributed by atoms with Crippen LogP contribution in [0.25, 0.3) is 10.9 Å². The number of morpholine rings is 1. The molecule has 3 aromatic rings. The van der Waals surface area contributed by atoms with Crippen molar-refractivity contribution in [3.05, 3.63) is 54.2 Å². The smallest absolute Gasteiger partial charge is 0.341 e. The van der Waals surface area contributed by atoms with E-state index in [9.17, 15) is 18.0 Å². The molecule has 1 atom stereocenters. The number of aromatic amines is 1. The molecule has 0 unspecified atom stereocenters. The molecule has 0 saturated carbocycles. The number of esters is 1. The fraction of sp³-hybridized carbons (Fsp3) is 0.286. The number of hydrogen-bond donors (Lipinski definition) is 2. The molecule has 2 aromatic carbocycles. The molecule has 1 amide bonds. The first-order valence-corrected chi connectivity index (χ1v) is 11.4. The number of para-hydroxylation sites is 1. The molecule has 1 aliphatic heterocycles. The number of sulfonamides is 1. The van der Waals surface area contributed by atoms with Crippen LogP contribution in [0.4, 0.5) is 5.69 Å². The number of nitrogens with zero attached hydrogens (tertiary/aromatic N) is 2. The average Bonchev–Trinajstić information content (AvgIpc) is 3.28. The van der Waals surface area contributed by atoms with E-state index in [0.29, 0.717) is 18.7 Å². The van der Waals surface area contributed by atoms with Gasteiger partial charge in [-0.15, -0.1) is 0 Å². The van der Waals surface area contributed by atoms with Gasteiger partial charge in [0.1, 0.15) is 0 Å². The normalized spacial score (nSPS) is 15.9. The van der Waals surface area contributed by atoms with Gasteiger partial charge >= 0.3 is 5.97 Å². The van der Waals surface area contributed by atoms with Gasteiger partial charge in [0.15, 0.2) is 6.10 Å². The van der Waals surface area contributed by atoms with E-state index in [-0.39, 0.29) is 29.2 Å². The molecule has 2 N–H and O–H groups in total. The second-order valence-corrected chi connectivity index (χ2v) is 9.16. The number of ether oxygens (including phenoxy) is 2. The lowest BCUT2D eigenvalue weighted by molar-refractivity contribution is -0.123. The Kier molecular flexibility index (Phi) is 6.21. The Bertz CT molecular complexity index is 1250. The molecule has 10 nitrogen and oxygen atoms in total. The Morgan fingerprint density at radius 3 is 2.72 bits per heavy atom. The predicted octanol–water partition coefficient (Wildman–Crippen LogP) is 1.77. The standard InChI is InChI=1S/C21H22N4O6S/c1-14(31-21(27)18-7-2-4-15-13-22-24-19(15)18)20(26)23-16-5-3-6-17(12-16)32(28,29)25-8-10-30-11-9-25/h2-7,12-14H,8-11H2,1H3,(H,22,24)(H,23,26)/t14-/m1/s1. The van der Waals surface area contributed by atoms with Gasteiger partial charge in [0.25, 0.3) is 5.91 Å². The molecular weight excluding hydrogens is 436 g/mol. The highest BCUT2D eigenvalue weighted by molar-refractivity contribution is 7.89. The summed E-state index contributed by atoms with van der Waals surface area (Å²) in [5.41, 5.74) is 1.06. The maximum atomic E-state index is 12.8. The first-order valence-electron chi connectivity index (χ1n) is 9.98. The SMILES string of the molecule is C[C@@H](OC(=O)c1cccc2cn[nH]c12)C(=O)Nc1cccc(S(=O)(=O)N2CCOCC2)c1. The average molecular weight is 458 g/mol. The van der Waals surface area contributed by atoms with E-state index in [1.807, 2.05) is 0 Å². The Hall–Kier alpha value is -3.28. The van der Waals surface area contributed by atoms with Crippen LogP contribution in [-0.4, -0.2) is 67.2 Å². The Balaban J connectivity index is 1.44. The van der Waals surface area contributed by atoms with E-state index in [0.717, 1.165) is 5.39 Å². The molecule has 0 bridgehead atoms. The van der Waals surface area contributed by atoms with Crippen molar-refractivity contribution in [3.63, 3.8) is 0 Å². The summed E-state index contributed by atoms with van der Waals surface area (Å²) in [6, 6.07) is 11.0. The first-order chi connectivity index (χ1) is 15.4. The number of hydrogen-bond acceptors (Lipinski definition) is 7. The minimum Gasteiger partial charge on any atom is -0.449 e. The lowest BCUT2D eigenvalue weighted by Crippen LogP contribution is -2.40. The largest absolute Gasteiger partial charge is 0.449 e. The molecule has 11 heteroatoms. The zero-order chi connectivity index (χ0) is 22.7. The third-order valence-corrected chi connectivity index (χ3v) is 6.95. The maximum Gasteiger partial charge on any atom is 0.341 e. The highest BCUT2D eigenvalue weighted by Gasteiger charge is 2.27. The molecule has 168 valence electrons. The summed E-state index contributed by atoms with van der Waals surface area (Å²) in [4.78, 5) is 25.2. The van der Waals surface area contributed by atoms with E-state index in [4.69, 9.17) is 9.47 Å². The van der Waals surface area contributed by atoms with Crippen LogP contribution in [-0.2, 0) is 24.3 Å². The molecule has 1 aromatic heterocycles. The third-order valence-electron chi connectivity index (χ3n) is 5.06. The van der Waals surface area contributed by atoms with Crippen molar-refractivity contribution < 1.29 is 27.5 Å². The lowest BCUT2D eigenvalue weighted by Gasteiger charge is -2.26. The molecule has 4 rings (SSSR count). The van der Waals surface area contributed by atoms with Crippen LogP contribution in [0.2, 0.25) is 0 Å². The minimum absolute atomic E-state index is 0.0628. The molecular formula is C21H22N4O6S.